The van der Waals surface area contributed by atoms with Crippen LogP contribution in [-0.4, -0.2) is 42.0 Å². The summed E-state index contributed by atoms with van der Waals surface area (Å²) < 4.78 is 13.1. The molecule has 2 amide bonds. The van der Waals surface area contributed by atoms with Crippen LogP contribution in [0.15, 0.2) is 42.5 Å². The lowest BCUT2D eigenvalue weighted by Gasteiger charge is -2.52. The summed E-state index contributed by atoms with van der Waals surface area (Å²) in [7, 11) is 0. The van der Waals surface area contributed by atoms with Gasteiger partial charge in [-0.25, -0.2) is 4.39 Å². The van der Waals surface area contributed by atoms with E-state index in [-0.39, 0.29) is 17.6 Å². The fourth-order valence-electron chi connectivity index (χ4n) is 4.37. The van der Waals surface area contributed by atoms with Gasteiger partial charge in [0.1, 0.15) is 11.5 Å². The summed E-state index contributed by atoms with van der Waals surface area (Å²) in [5, 5.41) is 3.22. The van der Waals surface area contributed by atoms with Gasteiger partial charge in [0, 0.05) is 38.0 Å². The van der Waals surface area contributed by atoms with Gasteiger partial charge in [-0.3, -0.25) is 9.59 Å². The first kappa shape index (κ1) is 18.5. The third-order valence-corrected chi connectivity index (χ3v) is 5.84. The molecule has 1 N–H and O–H groups in total. The van der Waals surface area contributed by atoms with Crippen molar-refractivity contribution in [3.63, 3.8) is 0 Å². The molecular formula is C22H24FN3O2. The Hall–Kier alpha value is -2.89. The van der Waals surface area contributed by atoms with E-state index < -0.39 is 5.66 Å². The highest BCUT2D eigenvalue weighted by Gasteiger charge is 2.45. The largest absolute Gasteiger partial charge is 0.348 e. The Morgan fingerprint density at radius 2 is 1.82 bits per heavy atom. The lowest BCUT2D eigenvalue weighted by atomic mass is 9.89. The number of carbonyl (C=O) groups is 2. The van der Waals surface area contributed by atoms with Gasteiger partial charge in [0.2, 0.25) is 0 Å². The predicted octanol–water partition coefficient (Wildman–Crippen LogP) is 3.34. The fraction of sp³-hybridized carbons (Fsp3) is 0.364. The van der Waals surface area contributed by atoms with Crippen LogP contribution in [0.4, 0.5) is 10.1 Å². The second-order valence-corrected chi connectivity index (χ2v) is 7.55. The van der Waals surface area contributed by atoms with Gasteiger partial charge in [-0.05, 0) is 50.2 Å². The maximum atomic E-state index is 13.1. The second-order valence-electron chi connectivity index (χ2n) is 7.55. The smallest absolute Gasteiger partial charge is 0.255 e. The molecule has 2 aromatic rings. The van der Waals surface area contributed by atoms with Gasteiger partial charge in [-0.2, -0.15) is 0 Å². The van der Waals surface area contributed by atoms with Crippen LogP contribution in [0.2, 0.25) is 0 Å². The van der Waals surface area contributed by atoms with Gasteiger partial charge >= 0.3 is 0 Å². The second kappa shape index (κ2) is 6.93. The topological polar surface area (TPSA) is 52.7 Å². The summed E-state index contributed by atoms with van der Waals surface area (Å²) in [4.78, 5) is 29.6. The van der Waals surface area contributed by atoms with Crippen LogP contribution in [0.25, 0.3) is 0 Å². The van der Waals surface area contributed by atoms with Crippen LogP contribution >= 0.6 is 0 Å². The van der Waals surface area contributed by atoms with E-state index in [1.807, 2.05) is 25.1 Å². The number of nitrogens with one attached hydrogen (secondary N) is 1. The first-order valence-corrected chi connectivity index (χ1v) is 9.69. The number of benzene rings is 2. The summed E-state index contributed by atoms with van der Waals surface area (Å²) in [6, 6.07) is 11.6. The number of hydrogen-bond donors (Lipinski definition) is 1. The molecule has 2 aromatic carbocycles. The van der Waals surface area contributed by atoms with E-state index in [4.69, 9.17) is 0 Å². The van der Waals surface area contributed by atoms with E-state index in [1.54, 1.807) is 4.90 Å². The number of rotatable bonds is 2. The Morgan fingerprint density at radius 3 is 2.46 bits per heavy atom. The first-order valence-electron chi connectivity index (χ1n) is 9.69. The van der Waals surface area contributed by atoms with Gasteiger partial charge < -0.3 is 15.1 Å². The van der Waals surface area contributed by atoms with Crippen LogP contribution in [0.3, 0.4) is 0 Å². The van der Waals surface area contributed by atoms with Crippen LogP contribution in [-0.2, 0) is 0 Å². The number of hydrogen-bond acceptors (Lipinski definition) is 3. The van der Waals surface area contributed by atoms with E-state index in [2.05, 4.69) is 17.1 Å². The van der Waals surface area contributed by atoms with Crippen molar-refractivity contribution < 1.29 is 14.0 Å². The molecule has 0 aromatic heterocycles. The zero-order chi connectivity index (χ0) is 19.9. The van der Waals surface area contributed by atoms with Gasteiger partial charge in [0.15, 0.2) is 0 Å². The van der Waals surface area contributed by atoms with E-state index in [0.717, 1.165) is 17.8 Å². The number of piperidine rings is 1. The fourth-order valence-corrected chi connectivity index (χ4v) is 4.37. The third kappa shape index (κ3) is 3.03. The van der Waals surface area contributed by atoms with Crippen LogP contribution < -0.4 is 10.2 Å². The third-order valence-electron chi connectivity index (χ3n) is 5.84. The number of amides is 2. The Balaban J connectivity index is 1.56. The van der Waals surface area contributed by atoms with Crippen molar-refractivity contribution in [2.24, 2.45) is 0 Å². The molecule has 4 rings (SSSR count). The van der Waals surface area contributed by atoms with Gasteiger partial charge in [-0.1, -0.05) is 11.6 Å². The highest BCUT2D eigenvalue weighted by molar-refractivity contribution is 6.03. The number of aryl methyl sites for hydroxylation is 1. The molecular weight excluding hydrogens is 357 g/mol. The number of anilines is 1. The molecule has 1 fully saturated rings. The van der Waals surface area contributed by atoms with Crippen molar-refractivity contribution in [3.8, 4) is 0 Å². The number of nitrogens with zero attached hydrogens (tertiary/aromatic N) is 2. The molecule has 0 bridgehead atoms. The lowest BCUT2D eigenvalue weighted by molar-refractivity contribution is 0.0603. The Kier molecular flexibility index (Phi) is 4.57. The molecule has 28 heavy (non-hydrogen) atoms. The van der Waals surface area contributed by atoms with Crippen molar-refractivity contribution in [2.75, 3.05) is 24.5 Å². The standard InChI is InChI=1S/C22H24FN3O2/c1-3-26-19-9-4-15(2)14-18(19)20(27)24-22(26)10-12-25(13-11-22)21(28)16-5-7-17(23)8-6-16/h4-9,14H,3,10-13H2,1-2H3,(H,24,27). The highest BCUT2D eigenvalue weighted by Crippen LogP contribution is 2.37. The highest BCUT2D eigenvalue weighted by atomic mass is 19.1. The summed E-state index contributed by atoms with van der Waals surface area (Å²) in [6.45, 7) is 5.90. The molecule has 1 spiro atoms. The maximum absolute atomic E-state index is 13.1. The number of fused-ring (bicyclic) bond motifs is 1. The summed E-state index contributed by atoms with van der Waals surface area (Å²) in [5.41, 5.74) is 2.72. The minimum absolute atomic E-state index is 0.0540. The van der Waals surface area contributed by atoms with E-state index in [9.17, 15) is 14.0 Å². The monoisotopic (exact) mass is 381 g/mol. The number of halogens is 1. The molecule has 0 radical (unpaired) electrons. The Bertz CT molecular complexity index is 918. The molecule has 0 aliphatic carbocycles. The zero-order valence-corrected chi connectivity index (χ0v) is 16.2. The Labute approximate surface area is 164 Å². The molecule has 1 saturated heterocycles. The molecule has 0 unspecified atom stereocenters. The van der Waals surface area contributed by atoms with Crippen LogP contribution in [0, 0.1) is 12.7 Å². The molecule has 2 heterocycles. The molecule has 6 heteroatoms. The zero-order valence-electron chi connectivity index (χ0n) is 16.2. The average molecular weight is 381 g/mol. The molecule has 0 saturated carbocycles. The minimum Gasteiger partial charge on any atom is -0.348 e. The summed E-state index contributed by atoms with van der Waals surface area (Å²) in [6.07, 6.45) is 1.29. The predicted molar refractivity (Wildman–Crippen MR) is 106 cm³/mol. The lowest BCUT2D eigenvalue weighted by Crippen LogP contribution is -2.68. The van der Waals surface area contributed by atoms with Crippen molar-refractivity contribution in [2.45, 2.75) is 32.4 Å². The normalized spacial score (nSPS) is 18.0. The molecule has 0 atom stereocenters. The minimum atomic E-state index is -0.479. The maximum Gasteiger partial charge on any atom is 0.255 e. The molecule has 2 aliphatic rings. The van der Waals surface area contributed by atoms with Crippen molar-refractivity contribution >= 4 is 17.5 Å². The number of carbonyl (C=O) groups excluding carboxylic acids is 2. The van der Waals surface area contributed by atoms with Gasteiger partial charge in [0.05, 0.1) is 11.3 Å². The number of likely N-dealkylation sites (tertiary alicyclic amines) is 1. The van der Waals surface area contributed by atoms with Crippen molar-refractivity contribution in [1.82, 2.24) is 10.2 Å². The quantitative estimate of drug-likeness (QED) is 0.868. The first-order chi connectivity index (χ1) is 13.4. The van der Waals surface area contributed by atoms with Crippen LogP contribution in [0.5, 0.6) is 0 Å². The SMILES string of the molecule is CCN1c2ccc(C)cc2C(=O)NC12CCN(C(=O)c1ccc(F)cc1)CC2. The van der Waals surface area contributed by atoms with Crippen molar-refractivity contribution in [3.05, 3.63) is 65.0 Å². The summed E-state index contributed by atoms with van der Waals surface area (Å²) >= 11 is 0. The molecule has 146 valence electrons. The Morgan fingerprint density at radius 1 is 1.14 bits per heavy atom. The van der Waals surface area contributed by atoms with Gasteiger partial charge in [0.25, 0.3) is 11.8 Å². The molecule has 2 aliphatic heterocycles. The van der Waals surface area contributed by atoms with E-state index in [0.29, 0.717) is 37.1 Å². The molecule has 5 nitrogen and oxygen atoms in total. The van der Waals surface area contributed by atoms with E-state index >= 15 is 0 Å². The van der Waals surface area contributed by atoms with Crippen LogP contribution in [0.1, 0.15) is 46.0 Å². The van der Waals surface area contributed by atoms with E-state index in [1.165, 1.54) is 24.3 Å². The average Bonchev–Trinajstić information content (AvgIpc) is 2.69. The summed E-state index contributed by atoms with van der Waals surface area (Å²) in [5.74, 6) is -0.510. The van der Waals surface area contributed by atoms with Crippen molar-refractivity contribution in [1.29, 1.82) is 0 Å². The van der Waals surface area contributed by atoms with Gasteiger partial charge in [-0.15, -0.1) is 0 Å².